The van der Waals surface area contributed by atoms with Gasteiger partial charge in [-0.3, -0.25) is 0 Å². The van der Waals surface area contributed by atoms with E-state index in [1.54, 1.807) is 7.11 Å². The zero-order chi connectivity index (χ0) is 12.0. The molecule has 0 aliphatic carbocycles. The molecule has 0 heterocycles. The van der Waals surface area contributed by atoms with Gasteiger partial charge in [-0.05, 0) is 18.9 Å². The van der Waals surface area contributed by atoms with Crippen molar-refractivity contribution >= 4 is 5.57 Å². The van der Waals surface area contributed by atoms with Gasteiger partial charge in [0, 0.05) is 12.7 Å². The summed E-state index contributed by atoms with van der Waals surface area (Å²) in [6.45, 7) is 8.01. The largest absolute Gasteiger partial charge is 0.366 e. The smallest absolute Gasteiger partial charge is 0.125 e. The molecule has 0 aliphatic heterocycles. The Hall–Kier alpha value is -1.52. The maximum absolute atomic E-state index is 5.36. The third-order valence-corrected chi connectivity index (χ3v) is 2.73. The Morgan fingerprint density at radius 2 is 2.00 bits per heavy atom. The highest BCUT2D eigenvalue weighted by Crippen LogP contribution is 2.14. The highest BCUT2D eigenvalue weighted by Gasteiger charge is 2.16. The van der Waals surface area contributed by atoms with Crippen molar-refractivity contribution < 1.29 is 4.74 Å². The minimum Gasteiger partial charge on any atom is -0.366 e. The van der Waals surface area contributed by atoms with Gasteiger partial charge in [-0.2, -0.15) is 0 Å². The van der Waals surface area contributed by atoms with E-state index in [1.807, 2.05) is 37.3 Å². The summed E-state index contributed by atoms with van der Waals surface area (Å²) in [6, 6.07) is 9.96. The number of benzene rings is 1. The summed E-state index contributed by atoms with van der Waals surface area (Å²) in [5, 5.41) is 0. The van der Waals surface area contributed by atoms with E-state index in [0.717, 1.165) is 17.6 Å². The summed E-state index contributed by atoms with van der Waals surface area (Å²) < 4.78 is 5.36. The van der Waals surface area contributed by atoms with Crippen LogP contribution in [0.4, 0.5) is 0 Å². The van der Waals surface area contributed by atoms with Crippen LogP contribution in [0.25, 0.3) is 5.57 Å². The van der Waals surface area contributed by atoms with Crippen LogP contribution in [0.3, 0.4) is 0 Å². The van der Waals surface area contributed by atoms with Crippen LogP contribution in [0.15, 0.2) is 36.9 Å². The first kappa shape index (κ1) is 12.5. The van der Waals surface area contributed by atoms with Crippen molar-refractivity contribution in [1.82, 2.24) is 0 Å². The summed E-state index contributed by atoms with van der Waals surface area (Å²) in [5.74, 6) is 6.19. The lowest BCUT2D eigenvalue weighted by molar-refractivity contribution is 0.0543. The molecular formula is C15H18O. The van der Waals surface area contributed by atoms with Gasteiger partial charge in [-0.25, -0.2) is 0 Å². The first-order valence-electron chi connectivity index (χ1n) is 5.44. The van der Waals surface area contributed by atoms with Crippen LogP contribution in [-0.2, 0) is 4.74 Å². The molecule has 0 spiro atoms. The molecule has 16 heavy (non-hydrogen) atoms. The van der Waals surface area contributed by atoms with Crippen LogP contribution in [0.5, 0.6) is 0 Å². The second-order valence-corrected chi connectivity index (χ2v) is 3.88. The number of hydrogen-bond donors (Lipinski definition) is 0. The van der Waals surface area contributed by atoms with E-state index in [0.29, 0.717) is 0 Å². The Balaban J connectivity index is 2.83. The van der Waals surface area contributed by atoms with Gasteiger partial charge in [-0.15, -0.1) is 0 Å². The van der Waals surface area contributed by atoms with Crippen molar-refractivity contribution in [2.45, 2.75) is 25.9 Å². The van der Waals surface area contributed by atoms with Gasteiger partial charge in [0.25, 0.3) is 0 Å². The van der Waals surface area contributed by atoms with Crippen LogP contribution in [0.1, 0.15) is 25.8 Å². The topological polar surface area (TPSA) is 9.23 Å². The highest BCUT2D eigenvalue weighted by atomic mass is 16.5. The zero-order valence-corrected chi connectivity index (χ0v) is 10.2. The Morgan fingerprint density at radius 3 is 2.50 bits per heavy atom. The molecule has 0 bridgehead atoms. The summed E-state index contributed by atoms with van der Waals surface area (Å²) in [6.07, 6.45) is 0.860. The third kappa shape index (κ3) is 3.25. The van der Waals surface area contributed by atoms with Gasteiger partial charge >= 0.3 is 0 Å². The molecular weight excluding hydrogens is 196 g/mol. The number of hydrogen-bond acceptors (Lipinski definition) is 1. The van der Waals surface area contributed by atoms with Crippen molar-refractivity contribution in [3.63, 3.8) is 0 Å². The lowest BCUT2D eigenvalue weighted by Crippen LogP contribution is -2.23. The summed E-state index contributed by atoms with van der Waals surface area (Å²) in [5.41, 5.74) is 1.51. The highest BCUT2D eigenvalue weighted by molar-refractivity contribution is 5.77. The van der Waals surface area contributed by atoms with E-state index in [-0.39, 0.29) is 5.60 Å². The predicted molar refractivity (Wildman–Crippen MR) is 69.0 cm³/mol. The number of rotatable bonds is 3. The quantitative estimate of drug-likeness (QED) is 0.699. The zero-order valence-electron chi connectivity index (χ0n) is 10.2. The van der Waals surface area contributed by atoms with Crippen LogP contribution >= 0.6 is 0 Å². The van der Waals surface area contributed by atoms with Gasteiger partial charge in [0.15, 0.2) is 0 Å². The van der Waals surface area contributed by atoms with E-state index < -0.39 is 0 Å². The minimum atomic E-state index is -0.377. The van der Waals surface area contributed by atoms with E-state index in [2.05, 4.69) is 25.3 Å². The Bertz CT molecular complexity index is 402. The summed E-state index contributed by atoms with van der Waals surface area (Å²) >= 11 is 0. The second-order valence-electron chi connectivity index (χ2n) is 3.88. The van der Waals surface area contributed by atoms with Crippen molar-refractivity contribution in [3.05, 3.63) is 42.5 Å². The lowest BCUT2D eigenvalue weighted by atomic mass is 10.0. The maximum Gasteiger partial charge on any atom is 0.125 e. The Kier molecular flexibility index (Phi) is 4.34. The minimum absolute atomic E-state index is 0.377. The second kappa shape index (κ2) is 5.53. The molecule has 1 aromatic rings. The molecule has 0 fully saturated rings. The fourth-order valence-electron chi connectivity index (χ4n) is 1.20. The van der Waals surface area contributed by atoms with Crippen LogP contribution in [0.2, 0.25) is 0 Å². The monoisotopic (exact) mass is 214 g/mol. The lowest BCUT2D eigenvalue weighted by Gasteiger charge is -2.19. The molecule has 0 amide bonds. The molecule has 1 rings (SSSR count). The first-order valence-corrected chi connectivity index (χ1v) is 5.44. The molecule has 0 aromatic heterocycles. The first-order chi connectivity index (χ1) is 7.61. The van der Waals surface area contributed by atoms with Crippen molar-refractivity contribution in [2.75, 3.05) is 7.11 Å². The molecule has 1 nitrogen and oxygen atoms in total. The standard InChI is InChI=1S/C15H18O/c1-5-15(3,16-4)12-11-13(2)14-9-7-6-8-10-14/h6-10H,2,5H2,1,3-4H3. The molecule has 84 valence electrons. The number of methoxy groups -OCH3 is 1. The summed E-state index contributed by atoms with van der Waals surface area (Å²) in [7, 11) is 1.68. The molecule has 0 saturated heterocycles. The fourth-order valence-corrected chi connectivity index (χ4v) is 1.20. The van der Waals surface area contributed by atoms with Gasteiger partial charge in [0.2, 0.25) is 0 Å². The van der Waals surface area contributed by atoms with Crippen LogP contribution in [-0.4, -0.2) is 12.7 Å². The molecule has 0 aliphatic rings. The summed E-state index contributed by atoms with van der Waals surface area (Å²) in [4.78, 5) is 0. The van der Waals surface area contributed by atoms with E-state index >= 15 is 0 Å². The fraction of sp³-hybridized carbons (Fsp3) is 0.333. The van der Waals surface area contributed by atoms with Crippen LogP contribution in [0, 0.1) is 11.8 Å². The van der Waals surface area contributed by atoms with E-state index in [4.69, 9.17) is 4.74 Å². The average Bonchev–Trinajstić information content (AvgIpc) is 2.36. The van der Waals surface area contributed by atoms with Gasteiger partial charge in [0.1, 0.15) is 5.60 Å². The van der Waals surface area contributed by atoms with E-state index in [1.165, 1.54) is 0 Å². The van der Waals surface area contributed by atoms with Gasteiger partial charge in [-0.1, -0.05) is 55.7 Å². The number of ether oxygens (including phenoxy) is 1. The number of allylic oxidation sites excluding steroid dienone is 1. The molecule has 1 heteroatoms. The molecule has 1 aromatic carbocycles. The van der Waals surface area contributed by atoms with Gasteiger partial charge < -0.3 is 4.74 Å². The Labute approximate surface area is 98.1 Å². The molecule has 1 unspecified atom stereocenters. The van der Waals surface area contributed by atoms with Crippen molar-refractivity contribution in [3.8, 4) is 11.8 Å². The van der Waals surface area contributed by atoms with Crippen LogP contribution < -0.4 is 0 Å². The van der Waals surface area contributed by atoms with E-state index in [9.17, 15) is 0 Å². The molecule has 0 N–H and O–H groups in total. The normalized spacial score (nSPS) is 13.4. The maximum atomic E-state index is 5.36. The SMILES string of the molecule is C=C(C#CC(C)(CC)OC)c1ccccc1. The predicted octanol–water partition coefficient (Wildman–Crippen LogP) is 3.52. The van der Waals surface area contributed by atoms with Crippen molar-refractivity contribution in [1.29, 1.82) is 0 Å². The Morgan fingerprint density at radius 1 is 1.38 bits per heavy atom. The molecule has 0 saturated carbocycles. The third-order valence-electron chi connectivity index (χ3n) is 2.73. The average molecular weight is 214 g/mol. The molecule has 1 atom stereocenters. The van der Waals surface area contributed by atoms with Gasteiger partial charge in [0.05, 0.1) is 0 Å². The molecule has 0 radical (unpaired) electrons. The van der Waals surface area contributed by atoms with Crippen molar-refractivity contribution in [2.24, 2.45) is 0 Å².